The fourth-order valence-electron chi connectivity index (χ4n) is 4.21. The smallest absolute Gasteiger partial charge is 0.287 e. The van der Waals surface area contributed by atoms with Crippen molar-refractivity contribution in [1.29, 1.82) is 0 Å². The lowest BCUT2D eigenvalue weighted by Gasteiger charge is -2.35. The summed E-state index contributed by atoms with van der Waals surface area (Å²) in [5.74, 6) is 1.91. The Bertz CT molecular complexity index is 1160. The topological polar surface area (TPSA) is 90.2 Å². The van der Waals surface area contributed by atoms with Gasteiger partial charge in [-0.05, 0) is 50.6 Å². The number of hydrogen-bond acceptors (Lipinski definition) is 6. The molecule has 0 aliphatic carbocycles. The standard InChI is InChI=1S/C23H23NO6/c1-12-19-16(6-7-17-20(19)14(25)9-23(2,3)30-17)29-21(12)22(26)24-10-13-4-5-15-18(8-13)28-11-27-15/h4-8,14,25H,9-11H2,1-3H3,(H,24,26)/t14-/m1/s1. The molecule has 0 bridgehead atoms. The van der Waals surface area contributed by atoms with Crippen molar-refractivity contribution in [3.8, 4) is 17.2 Å². The molecule has 2 N–H and O–H groups in total. The van der Waals surface area contributed by atoms with Gasteiger partial charge in [0.2, 0.25) is 6.79 Å². The van der Waals surface area contributed by atoms with E-state index >= 15 is 0 Å². The average Bonchev–Trinajstić information content (AvgIpc) is 3.29. The Morgan fingerprint density at radius 1 is 1.17 bits per heavy atom. The molecule has 0 saturated heterocycles. The Morgan fingerprint density at radius 2 is 1.93 bits per heavy atom. The summed E-state index contributed by atoms with van der Waals surface area (Å²) in [5, 5.41) is 14.4. The molecule has 2 aromatic carbocycles. The van der Waals surface area contributed by atoms with Crippen molar-refractivity contribution in [2.45, 2.75) is 45.4 Å². The van der Waals surface area contributed by atoms with Crippen LogP contribution in [0.3, 0.4) is 0 Å². The van der Waals surface area contributed by atoms with Crippen LogP contribution < -0.4 is 19.5 Å². The maximum atomic E-state index is 12.8. The predicted octanol–water partition coefficient (Wildman–Crippen LogP) is 3.99. The molecule has 0 spiro atoms. The fraction of sp³-hybridized carbons (Fsp3) is 0.348. The van der Waals surface area contributed by atoms with Gasteiger partial charge in [-0.3, -0.25) is 4.79 Å². The highest BCUT2D eigenvalue weighted by molar-refractivity contribution is 6.00. The first-order valence-corrected chi connectivity index (χ1v) is 9.92. The van der Waals surface area contributed by atoms with E-state index in [1.165, 1.54) is 0 Å². The molecule has 0 fully saturated rings. The zero-order chi connectivity index (χ0) is 21.0. The van der Waals surface area contributed by atoms with Gasteiger partial charge in [-0.25, -0.2) is 0 Å². The summed E-state index contributed by atoms with van der Waals surface area (Å²) in [6.45, 7) is 6.25. The highest BCUT2D eigenvalue weighted by atomic mass is 16.7. The molecule has 156 valence electrons. The number of hydrogen-bond donors (Lipinski definition) is 2. The van der Waals surface area contributed by atoms with Gasteiger partial charge in [0.1, 0.15) is 16.9 Å². The quantitative estimate of drug-likeness (QED) is 0.680. The van der Waals surface area contributed by atoms with E-state index in [-0.39, 0.29) is 18.5 Å². The second-order valence-corrected chi connectivity index (χ2v) is 8.36. The van der Waals surface area contributed by atoms with Crippen LogP contribution in [0.1, 0.15) is 53.6 Å². The number of aliphatic hydroxyl groups excluding tert-OH is 1. The maximum Gasteiger partial charge on any atom is 0.287 e. The number of carbonyl (C=O) groups excluding carboxylic acids is 1. The summed E-state index contributed by atoms with van der Waals surface area (Å²) in [6.07, 6.45) is -0.219. The maximum absolute atomic E-state index is 12.8. The number of aliphatic hydroxyl groups is 1. The lowest BCUT2D eigenvalue weighted by atomic mass is 9.89. The summed E-state index contributed by atoms with van der Waals surface area (Å²) in [4.78, 5) is 12.8. The number of ether oxygens (including phenoxy) is 3. The molecule has 7 nitrogen and oxygen atoms in total. The van der Waals surface area contributed by atoms with Gasteiger partial charge in [0.05, 0.1) is 6.10 Å². The average molecular weight is 409 g/mol. The minimum atomic E-state index is -0.687. The highest BCUT2D eigenvalue weighted by Crippen LogP contribution is 2.45. The van der Waals surface area contributed by atoms with Crippen LogP contribution in [0, 0.1) is 6.92 Å². The van der Waals surface area contributed by atoms with Crippen LogP contribution in [0.2, 0.25) is 0 Å². The van der Waals surface area contributed by atoms with Crippen molar-refractivity contribution in [3.05, 3.63) is 52.8 Å². The molecule has 2 aliphatic rings. The molecule has 1 aromatic heterocycles. The number of carbonyl (C=O) groups is 1. The van der Waals surface area contributed by atoms with Crippen molar-refractivity contribution in [3.63, 3.8) is 0 Å². The number of nitrogens with one attached hydrogen (secondary N) is 1. The van der Waals surface area contributed by atoms with Crippen LogP contribution in [0.5, 0.6) is 17.2 Å². The van der Waals surface area contributed by atoms with E-state index in [0.717, 1.165) is 10.9 Å². The van der Waals surface area contributed by atoms with Crippen LogP contribution >= 0.6 is 0 Å². The van der Waals surface area contributed by atoms with Crippen LogP contribution in [-0.4, -0.2) is 23.4 Å². The molecular weight excluding hydrogens is 386 g/mol. The molecule has 1 atom stereocenters. The van der Waals surface area contributed by atoms with Gasteiger partial charge in [-0.2, -0.15) is 0 Å². The van der Waals surface area contributed by atoms with Gasteiger partial charge in [-0.1, -0.05) is 6.07 Å². The van der Waals surface area contributed by atoms with Gasteiger partial charge >= 0.3 is 0 Å². The van der Waals surface area contributed by atoms with Crippen molar-refractivity contribution in [2.75, 3.05) is 6.79 Å². The Labute approximate surface area is 173 Å². The zero-order valence-electron chi connectivity index (χ0n) is 17.1. The summed E-state index contributed by atoms with van der Waals surface area (Å²) in [5.41, 5.74) is 2.37. The van der Waals surface area contributed by atoms with E-state index < -0.39 is 11.7 Å². The Balaban J connectivity index is 1.43. The minimum absolute atomic E-state index is 0.209. The predicted molar refractivity (Wildman–Crippen MR) is 109 cm³/mol. The first-order chi connectivity index (χ1) is 14.3. The molecule has 1 amide bonds. The number of furan rings is 1. The first kappa shape index (κ1) is 18.8. The van der Waals surface area contributed by atoms with Crippen molar-refractivity contribution in [2.24, 2.45) is 0 Å². The Kier molecular flexibility index (Phi) is 4.18. The van der Waals surface area contributed by atoms with Crippen LogP contribution in [-0.2, 0) is 6.54 Å². The molecule has 2 aliphatic heterocycles. The minimum Gasteiger partial charge on any atom is -0.487 e. The number of fused-ring (bicyclic) bond motifs is 4. The third-order valence-electron chi connectivity index (χ3n) is 5.60. The lowest BCUT2D eigenvalue weighted by molar-refractivity contribution is 0.0126. The van der Waals surface area contributed by atoms with E-state index in [4.69, 9.17) is 18.6 Å². The first-order valence-electron chi connectivity index (χ1n) is 9.92. The molecule has 0 radical (unpaired) electrons. The molecule has 5 rings (SSSR count). The SMILES string of the molecule is Cc1c(C(=O)NCc2ccc3c(c2)OCO3)oc2ccc3c(c12)[C@H](O)CC(C)(C)O3. The molecule has 3 heterocycles. The normalized spacial score (nSPS) is 18.7. The Hall–Kier alpha value is -3.19. The monoisotopic (exact) mass is 409 g/mol. The van der Waals surface area contributed by atoms with Gasteiger partial charge in [0, 0.05) is 29.5 Å². The second-order valence-electron chi connectivity index (χ2n) is 8.36. The van der Waals surface area contributed by atoms with Crippen molar-refractivity contribution >= 4 is 16.9 Å². The third-order valence-corrected chi connectivity index (χ3v) is 5.60. The summed E-state index contributed by atoms with van der Waals surface area (Å²) in [7, 11) is 0. The fourth-order valence-corrected chi connectivity index (χ4v) is 4.21. The third kappa shape index (κ3) is 3.06. The Morgan fingerprint density at radius 3 is 2.77 bits per heavy atom. The zero-order valence-corrected chi connectivity index (χ0v) is 17.1. The van der Waals surface area contributed by atoms with Crippen LogP contribution in [0.4, 0.5) is 0 Å². The molecule has 30 heavy (non-hydrogen) atoms. The van der Waals surface area contributed by atoms with Crippen molar-refractivity contribution < 1.29 is 28.5 Å². The van der Waals surface area contributed by atoms with Crippen LogP contribution in [0.15, 0.2) is 34.7 Å². The van der Waals surface area contributed by atoms with Crippen molar-refractivity contribution in [1.82, 2.24) is 5.32 Å². The number of aryl methyl sites for hydroxylation is 1. The molecule has 3 aromatic rings. The largest absolute Gasteiger partial charge is 0.487 e. The molecule has 7 heteroatoms. The summed E-state index contributed by atoms with van der Waals surface area (Å²) < 4.78 is 22.6. The molecule has 0 unspecified atom stereocenters. The van der Waals surface area contributed by atoms with E-state index in [0.29, 0.717) is 46.9 Å². The molecule has 0 saturated carbocycles. The second kappa shape index (κ2) is 6.67. The molecular formula is C23H23NO6. The highest BCUT2D eigenvalue weighted by Gasteiger charge is 2.35. The van der Waals surface area contributed by atoms with Gasteiger partial charge in [0.15, 0.2) is 17.3 Å². The number of amides is 1. The summed E-state index contributed by atoms with van der Waals surface area (Å²) in [6, 6.07) is 9.12. The van der Waals surface area contributed by atoms with Crippen LogP contribution in [0.25, 0.3) is 11.0 Å². The van der Waals surface area contributed by atoms with E-state index in [2.05, 4.69) is 5.32 Å². The van der Waals surface area contributed by atoms with E-state index in [9.17, 15) is 9.90 Å². The van der Waals surface area contributed by atoms with E-state index in [1.54, 1.807) is 12.1 Å². The van der Waals surface area contributed by atoms with E-state index in [1.807, 2.05) is 39.0 Å². The van der Waals surface area contributed by atoms with Gasteiger partial charge in [-0.15, -0.1) is 0 Å². The van der Waals surface area contributed by atoms with Gasteiger partial charge < -0.3 is 29.1 Å². The number of benzene rings is 2. The number of rotatable bonds is 3. The van der Waals surface area contributed by atoms with Gasteiger partial charge in [0.25, 0.3) is 5.91 Å². The lowest BCUT2D eigenvalue weighted by Crippen LogP contribution is -2.34. The summed E-state index contributed by atoms with van der Waals surface area (Å²) >= 11 is 0.